The van der Waals surface area contributed by atoms with Gasteiger partial charge in [-0.2, -0.15) is 0 Å². The number of allylic oxidation sites excluding steroid dienone is 1. The molecule has 26 heavy (non-hydrogen) atoms. The average Bonchev–Trinajstić information content (AvgIpc) is 3.48. The van der Waals surface area contributed by atoms with Crippen LogP contribution in [-0.4, -0.2) is 10.7 Å². The second-order valence-corrected chi connectivity index (χ2v) is 9.59. The lowest BCUT2D eigenvalue weighted by Gasteiger charge is -2.38. The third-order valence-corrected chi connectivity index (χ3v) is 8.02. The zero-order chi connectivity index (χ0) is 17.6. The van der Waals surface area contributed by atoms with Crippen molar-refractivity contribution in [1.29, 1.82) is 0 Å². The molecule has 0 amide bonds. The van der Waals surface area contributed by atoms with Crippen LogP contribution in [0.5, 0.6) is 0 Å². The molecule has 2 saturated carbocycles. The van der Waals surface area contributed by atoms with Crippen LogP contribution >= 0.6 is 11.8 Å². The van der Waals surface area contributed by atoms with E-state index in [0.29, 0.717) is 11.3 Å². The lowest BCUT2D eigenvalue weighted by atomic mass is 9.66. The molecule has 0 aliphatic heterocycles. The van der Waals surface area contributed by atoms with Gasteiger partial charge in [0.25, 0.3) is 0 Å². The van der Waals surface area contributed by atoms with Crippen molar-refractivity contribution in [2.75, 3.05) is 5.75 Å². The highest BCUT2D eigenvalue weighted by Crippen LogP contribution is 2.56. The first-order valence-corrected chi connectivity index (χ1v) is 11.1. The van der Waals surface area contributed by atoms with Crippen LogP contribution in [0.25, 0.3) is 5.57 Å². The van der Waals surface area contributed by atoms with Crippen LogP contribution in [-0.2, 0) is 6.42 Å². The van der Waals surface area contributed by atoms with Crippen molar-refractivity contribution in [2.45, 2.75) is 55.9 Å². The van der Waals surface area contributed by atoms with Crippen molar-refractivity contribution >= 4 is 17.3 Å². The SMILES string of the molecule is C=C1c2ccccc2CC12CCC(c1ccc(SCC3CC3)nc1)CC2. The lowest BCUT2D eigenvalue weighted by molar-refractivity contribution is 0.255. The highest BCUT2D eigenvalue weighted by atomic mass is 32.2. The zero-order valence-corrected chi connectivity index (χ0v) is 16.2. The van der Waals surface area contributed by atoms with Gasteiger partial charge in [-0.25, -0.2) is 4.98 Å². The van der Waals surface area contributed by atoms with Crippen LogP contribution in [0.1, 0.15) is 61.1 Å². The number of nitrogens with zero attached hydrogens (tertiary/aromatic N) is 1. The standard InChI is InChI=1S/C24H27NS/c1-17-22-5-3-2-4-20(22)14-24(17)12-10-19(11-13-24)21-8-9-23(25-15-21)26-16-18-6-7-18/h2-5,8-9,15,18-19H,1,6-7,10-14,16H2. The van der Waals surface area contributed by atoms with Crippen molar-refractivity contribution in [2.24, 2.45) is 11.3 Å². The molecular formula is C24H27NS. The lowest BCUT2D eigenvalue weighted by Crippen LogP contribution is -2.26. The highest BCUT2D eigenvalue weighted by Gasteiger charge is 2.43. The third-order valence-electron chi connectivity index (χ3n) is 6.85. The maximum atomic E-state index is 4.74. The first-order chi connectivity index (χ1) is 12.7. The Hall–Kier alpha value is -1.54. The quantitative estimate of drug-likeness (QED) is 0.577. The molecule has 0 atom stereocenters. The van der Waals surface area contributed by atoms with Crippen molar-refractivity contribution < 1.29 is 0 Å². The molecule has 1 heterocycles. The van der Waals surface area contributed by atoms with Gasteiger partial charge in [0.15, 0.2) is 0 Å². The maximum absolute atomic E-state index is 4.74. The van der Waals surface area contributed by atoms with Crippen molar-refractivity contribution in [3.63, 3.8) is 0 Å². The second kappa shape index (κ2) is 6.56. The number of hydrogen-bond acceptors (Lipinski definition) is 2. The van der Waals surface area contributed by atoms with Crippen molar-refractivity contribution in [3.05, 3.63) is 65.9 Å². The molecule has 3 aliphatic rings. The van der Waals surface area contributed by atoms with Gasteiger partial charge in [0.2, 0.25) is 0 Å². The molecular weight excluding hydrogens is 334 g/mol. The fourth-order valence-electron chi connectivity index (χ4n) is 4.91. The maximum Gasteiger partial charge on any atom is 0.0960 e. The Morgan fingerprint density at radius 1 is 1.04 bits per heavy atom. The Balaban J connectivity index is 1.24. The minimum absolute atomic E-state index is 0.327. The van der Waals surface area contributed by atoms with E-state index in [2.05, 4.69) is 49.2 Å². The number of fused-ring (bicyclic) bond motifs is 1. The van der Waals surface area contributed by atoms with Gasteiger partial charge in [0.05, 0.1) is 5.03 Å². The monoisotopic (exact) mass is 361 g/mol. The molecule has 5 rings (SSSR count). The van der Waals surface area contributed by atoms with E-state index in [1.807, 2.05) is 11.8 Å². The topological polar surface area (TPSA) is 12.9 Å². The molecule has 1 nitrogen and oxygen atoms in total. The summed E-state index contributed by atoms with van der Waals surface area (Å²) in [7, 11) is 0. The summed E-state index contributed by atoms with van der Waals surface area (Å²) in [6.45, 7) is 4.51. The number of aromatic nitrogens is 1. The Morgan fingerprint density at radius 3 is 2.54 bits per heavy atom. The van der Waals surface area contributed by atoms with Gasteiger partial charge < -0.3 is 0 Å². The highest BCUT2D eigenvalue weighted by molar-refractivity contribution is 7.99. The first kappa shape index (κ1) is 16.6. The molecule has 3 aliphatic carbocycles. The smallest absolute Gasteiger partial charge is 0.0960 e. The van der Waals surface area contributed by atoms with Gasteiger partial charge in [-0.3, -0.25) is 0 Å². The molecule has 2 heteroatoms. The Morgan fingerprint density at radius 2 is 1.85 bits per heavy atom. The molecule has 1 aromatic carbocycles. The van der Waals surface area contributed by atoms with Gasteiger partial charge in [0, 0.05) is 11.9 Å². The third kappa shape index (κ3) is 3.03. The van der Waals surface area contributed by atoms with E-state index in [0.717, 1.165) is 5.92 Å². The van der Waals surface area contributed by atoms with Crippen molar-refractivity contribution in [3.8, 4) is 0 Å². The van der Waals surface area contributed by atoms with Gasteiger partial charge in [-0.1, -0.05) is 36.9 Å². The number of benzene rings is 1. The van der Waals surface area contributed by atoms with Gasteiger partial charge in [-0.15, -0.1) is 11.8 Å². The predicted octanol–water partition coefficient (Wildman–Crippen LogP) is 6.50. The van der Waals surface area contributed by atoms with E-state index in [4.69, 9.17) is 4.98 Å². The molecule has 134 valence electrons. The van der Waals surface area contributed by atoms with Crippen LogP contribution in [0.3, 0.4) is 0 Å². The van der Waals surface area contributed by atoms with Crippen molar-refractivity contribution in [1.82, 2.24) is 4.98 Å². The Bertz CT molecular complexity index is 810. The van der Waals surface area contributed by atoms with E-state index >= 15 is 0 Å². The molecule has 1 aromatic heterocycles. The van der Waals surface area contributed by atoms with E-state index in [1.165, 1.54) is 78.0 Å². The molecule has 0 unspecified atom stereocenters. The summed E-state index contributed by atoms with van der Waals surface area (Å²) in [6, 6.07) is 13.5. The summed E-state index contributed by atoms with van der Waals surface area (Å²) < 4.78 is 0. The summed E-state index contributed by atoms with van der Waals surface area (Å²) in [6.07, 6.45) is 11.3. The largest absolute Gasteiger partial charge is 0.250 e. The molecule has 1 spiro atoms. The number of pyridine rings is 1. The molecule has 2 aromatic rings. The summed E-state index contributed by atoms with van der Waals surface area (Å²) in [5, 5.41) is 1.20. The summed E-state index contributed by atoms with van der Waals surface area (Å²) in [5.74, 6) is 2.88. The van der Waals surface area contributed by atoms with Crippen LogP contribution in [0.4, 0.5) is 0 Å². The van der Waals surface area contributed by atoms with E-state index in [1.54, 1.807) is 0 Å². The average molecular weight is 362 g/mol. The minimum atomic E-state index is 0.327. The first-order valence-electron chi connectivity index (χ1n) is 10.1. The number of rotatable bonds is 4. The van der Waals surface area contributed by atoms with Crippen LogP contribution in [0, 0.1) is 11.3 Å². The van der Waals surface area contributed by atoms with E-state index in [9.17, 15) is 0 Å². The fraction of sp³-hybridized carbons (Fsp3) is 0.458. The molecule has 0 N–H and O–H groups in total. The molecule has 2 fully saturated rings. The van der Waals surface area contributed by atoms with Gasteiger partial charge >= 0.3 is 0 Å². The fourth-order valence-corrected chi connectivity index (χ4v) is 5.95. The van der Waals surface area contributed by atoms with Crippen LogP contribution < -0.4 is 0 Å². The second-order valence-electron chi connectivity index (χ2n) is 8.55. The van der Waals surface area contributed by atoms with E-state index < -0.39 is 0 Å². The van der Waals surface area contributed by atoms with Crippen LogP contribution in [0.15, 0.2) is 54.2 Å². The molecule has 0 saturated heterocycles. The minimum Gasteiger partial charge on any atom is -0.250 e. The number of thioether (sulfide) groups is 1. The normalized spacial score (nSPS) is 27.7. The zero-order valence-electron chi connectivity index (χ0n) is 15.4. The van der Waals surface area contributed by atoms with Crippen LogP contribution in [0.2, 0.25) is 0 Å². The summed E-state index contributed by atoms with van der Waals surface area (Å²) >= 11 is 1.93. The Labute approximate surface area is 161 Å². The summed E-state index contributed by atoms with van der Waals surface area (Å²) in [4.78, 5) is 4.74. The van der Waals surface area contributed by atoms with Gasteiger partial charge in [0.1, 0.15) is 0 Å². The number of hydrogen-bond donors (Lipinski definition) is 0. The predicted molar refractivity (Wildman–Crippen MR) is 111 cm³/mol. The summed E-state index contributed by atoms with van der Waals surface area (Å²) in [5.41, 5.74) is 6.10. The molecule has 0 radical (unpaired) electrons. The Kier molecular flexibility index (Phi) is 4.20. The van der Waals surface area contributed by atoms with Gasteiger partial charge in [-0.05, 0) is 90.5 Å². The van der Waals surface area contributed by atoms with E-state index in [-0.39, 0.29) is 0 Å². The molecule has 0 bridgehead atoms.